The number of hydrogen-bond acceptors (Lipinski definition) is 4. The Balaban J connectivity index is 2.88. The van der Waals surface area contributed by atoms with Gasteiger partial charge in [-0.25, -0.2) is 4.79 Å². The summed E-state index contributed by atoms with van der Waals surface area (Å²) in [6, 6.07) is 4.01. The van der Waals surface area contributed by atoms with Crippen molar-refractivity contribution in [3.8, 4) is 0 Å². The minimum Gasteiger partial charge on any atom is -0.480 e. The Morgan fingerprint density at radius 3 is 2.25 bits per heavy atom. The first-order valence-corrected chi connectivity index (χ1v) is 5.53. The van der Waals surface area contributed by atoms with Crippen LogP contribution in [-0.4, -0.2) is 34.8 Å². The zero-order valence-corrected chi connectivity index (χ0v) is 10.3. The lowest BCUT2D eigenvalue weighted by atomic mass is 10.1. The van der Waals surface area contributed by atoms with Crippen LogP contribution < -0.4 is 16.8 Å². The summed E-state index contributed by atoms with van der Waals surface area (Å²) < 4.78 is 0. The number of primary amides is 2. The minimum absolute atomic E-state index is 0.0528. The SMILES string of the molecule is NC(=O)CC(NC(=O)c1cccc(C(N)=O)c1)C(=O)O. The lowest BCUT2D eigenvalue weighted by Gasteiger charge is -2.13. The molecule has 0 heterocycles. The number of carbonyl (C=O) groups is 4. The number of rotatable bonds is 6. The first-order chi connectivity index (χ1) is 9.31. The molecular formula is C12H13N3O5. The molecule has 1 atom stereocenters. The smallest absolute Gasteiger partial charge is 0.326 e. The van der Waals surface area contributed by atoms with Gasteiger partial charge >= 0.3 is 5.97 Å². The van der Waals surface area contributed by atoms with Gasteiger partial charge in [0.2, 0.25) is 11.8 Å². The van der Waals surface area contributed by atoms with E-state index in [-0.39, 0.29) is 11.1 Å². The van der Waals surface area contributed by atoms with E-state index in [0.717, 1.165) is 0 Å². The van der Waals surface area contributed by atoms with Crippen molar-refractivity contribution in [2.75, 3.05) is 0 Å². The molecule has 8 heteroatoms. The number of carboxylic acid groups (broad SMARTS) is 1. The van der Waals surface area contributed by atoms with Gasteiger partial charge in [0.25, 0.3) is 5.91 Å². The molecule has 0 radical (unpaired) electrons. The Labute approximate surface area is 113 Å². The Kier molecular flexibility index (Phi) is 4.79. The number of aliphatic carboxylic acids is 1. The molecule has 0 bridgehead atoms. The van der Waals surface area contributed by atoms with Crippen LogP contribution in [-0.2, 0) is 9.59 Å². The van der Waals surface area contributed by atoms with E-state index in [1.54, 1.807) is 0 Å². The molecule has 0 saturated carbocycles. The number of nitrogens with one attached hydrogen (secondary N) is 1. The van der Waals surface area contributed by atoms with E-state index in [9.17, 15) is 19.2 Å². The van der Waals surface area contributed by atoms with Crippen LogP contribution in [0.5, 0.6) is 0 Å². The van der Waals surface area contributed by atoms with E-state index in [1.165, 1.54) is 24.3 Å². The Bertz CT molecular complexity index is 570. The highest BCUT2D eigenvalue weighted by molar-refractivity contribution is 6.00. The molecule has 1 rings (SSSR count). The van der Waals surface area contributed by atoms with Crippen LogP contribution in [0, 0.1) is 0 Å². The van der Waals surface area contributed by atoms with Crippen LogP contribution in [0.3, 0.4) is 0 Å². The molecular weight excluding hydrogens is 266 g/mol. The summed E-state index contributed by atoms with van der Waals surface area (Å²) >= 11 is 0. The van der Waals surface area contributed by atoms with Gasteiger partial charge in [-0.15, -0.1) is 0 Å². The summed E-state index contributed by atoms with van der Waals surface area (Å²) in [5.74, 6) is -3.71. The van der Waals surface area contributed by atoms with Crippen molar-refractivity contribution < 1.29 is 24.3 Å². The van der Waals surface area contributed by atoms with Gasteiger partial charge in [0, 0.05) is 11.1 Å². The fourth-order valence-electron chi connectivity index (χ4n) is 1.46. The molecule has 0 aliphatic rings. The third kappa shape index (κ3) is 4.09. The Hall–Kier alpha value is -2.90. The zero-order chi connectivity index (χ0) is 15.3. The van der Waals surface area contributed by atoms with Crippen molar-refractivity contribution >= 4 is 23.7 Å². The molecule has 8 nitrogen and oxygen atoms in total. The van der Waals surface area contributed by atoms with Crippen molar-refractivity contribution in [3.05, 3.63) is 35.4 Å². The quantitative estimate of drug-likeness (QED) is 0.517. The van der Waals surface area contributed by atoms with Crippen molar-refractivity contribution in [3.63, 3.8) is 0 Å². The molecule has 106 valence electrons. The largest absolute Gasteiger partial charge is 0.480 e. The second kappa shape index (κ2) is 6.32. The van der Waals surface area contributed by atoms with E-state index in [1.807, 2.05) is 0 Å². The Morgan fingerprint density at radius 1 is 1.15 bits per heavy atom. The summed E-state index contributed by atoms with van der Waals surface area (Å²) in [6.45, 7) is 0. The van der Waals surface area contributed by atoms with Crippen LogP contribution in [0.2, 0.25) is 0 Å². The van der Waals surface area contributed by atoms with E-state index in [0.29, 0.717) is 0 Å². The lowest BCUT2D eigenvalue weighted by Crippen LogP contribution is -2.43. The molecule has 0 fully saturated rings. The molecule has 20 heavy (non-hydrogen) atoms. The first-order valence-electron chi connectivity index (χ1n) is 5.53. The number of carboxylic acids is 1. The topological polar surface area (TPSA) is 153 Å². The molecule has 1 unspecified atom stereocenters. The summed E-state index contributed by atoms with van der Waals surface area (Å²) in [5, 5.41) is 11.0. The predicted octanol–water partition coefficient (Wildman–Crippen LogP) is -1.16. The van der Waals surface area contributed by atoms with E-state index < -0.39 is 36.2 Å². The van der Waals surface area contributed by atoms with Gasteiger partial charge in [-0.1, -0.05) is 6.07 Å². The third-order valence-corrected chi connectivity index (χ3v) is 2.42. The van der Waals surface area contributed by atoms with Crippen LogP contribution in [0.15, 0.2) is 24.3 Å². The standard InChI is InChI=1S/C12H13N3O5/c13-9(16)5-8(12(19)20)15-11(18)7-3-1-2-6(4-7)10(14)17/h1-4,8H,5H2,(H2,13,16)(H2,14,17)(H,15,18)(H,19,20). The molecule has 0 spiro atoms. The second-order valence-electron chi connectivity index (χ2n) is 3.98. The molecule has 3 amide bonds. The van der Waals surface area contributed by atoms with Crippen LogP contribution >= 0.6 is 0 Å². The van der Waals surface area contributed by atoms with Crippen LogP contribution in [0.1, 0.15) is 27.1 Å². The molecule has 0 saturated heterocycles. The van der Waals surface area contributed by atoms with Crippen LogP contribution in [0.4, 0.5) is 0 Å². The van der Waals surface area contributed by atoms with Crippen molar-refractivity contribution in [1.29, 1.82) is 0 Å². The van der Waals surface area contributed by atoms with Crippen LogP contribution in [0.25, 0.3) is 0 Å². The first kappa shape index (κ1) is 15.2. The number of hydrogen-bond donors (Lipinski definition) is 4. The normalized spacial score (nSPS) is 11.4. The molecule has 0 aliphatic heterocycles. The highest BCUT2D eigenvalue weighted by Crippen LogP contribution is 2.05. The zero-order valence-electron chi connectivity index (χ0n) is 10.3. The van der Waals surface area contributed by atoms with Gasteiger partial charge in [-0.2, -0.15) is 0 Å². The summed E-state index contributed by atoms with van der Waals surface area (Å²) in [4.78, 5) is 44.4. The van der Waals surface area contributed by atoms with E-state index in [2.05, 4.69) is 5.32 Å². The highest BCUT2D eigenvalue weighted by atomic mass is 16.4. The highest BCUT2D eigenvalue weighted by Gasteiger charge is 2.22. The number of nitrogens with two attached hydrogens (primary N) is 2. The molecule has 0 aromatic heterocycles. The summed E-state index contributed by atoms with van der Waals surface area (Å²) in [5.41, 5.74) is 10.1. The number of benzene rings is 1. The molecule has 0 aliphatic carbocycles. The van der Waals surface area contributed by atoms with E-state index >= 15 is 0 Å². The average Bonchev–Trinajstić information content (AvgIpc) is 2.37. The monoisotopic (exact) mass is 279 g/mol. The molecule has 6 N–H and O–H groups in total. The fraction of sp³-hybridized carbons (Fsp3) is 0.167. The molecule has 1 aromatic rings. The van der Waals surface area contributed by atoms with Gasteiger partial charge in [0.05, 0.1) is 6.42 Å². The minimum atomic E-state index is -1.43. The van der Waals surface area contributed by atoms with Crippen molar-refractivity contribution in [1.82, 2.24) is 5.32 Å². The average molecular weight is 279 g/mol. The Morgan fingerprint density at radius 2 is 1.75 bits per heavy atom. The predicted molar refractivity (Wildman–Crippen MR) is 67.7 cm³/mol. The molecule has 1 aromatic carbocycles. The summed E-state index contributed by atoms with van der Waals surface area (Å²) in [7, 11) is 0. The van der Waals surface area contributed by atoms with Crippen molar-refractivity contribution in [2.45, 2.75) is 12.5 Å². The van der Waals surface area contributed by atoms with Gasteiger partial charge in [0.15, 0.2) is 0 Å². The van der Waals surface area contributed by atoms with Gasteiger partial charge in [-0.3, -0.25) is 14.4 Å². The third-order valence-electron chi connectivity index (χ3n) is 2.42. The maximum Gasteiger partial charge on any atom is 0.326 e. The second-order valence-corrected chi connectivity index (χ2v) is 3.98. The van der Waals surface area contributed by atoms with Crippen molar-refractivity contribution in [2.24, 2.45) is 11.5 Å². The van der Waals surface area contributed by atoms with E-state index in [4.69, 9.17) is 16.6 Å². The number of amides is 3. The van der Waals surface area contributed by atoms with Gasteiger partial charge in [0.1, 0.15) is 6.04 Å². The summed E-state index contributed by atoms with van der Waals surface area (Å²) in [6.07, 6.45) is -0.531. The lowest BCUT2D eigenvalue weighted by molar-refractivity contribution is -0.140. The number of carbonyl (C=O) groups excluding carboxylic acids is 3. The maximum absolute atomic E-state index is 11.8. The fourth-order valence-corrected chi connectivity index (χ4v) is 1.46. The maximum atomic E-state index is 11.8. The van der Waals surface area contributed by atoms with Gasteiger partial charge < -0.3 is 21.9 Å². The van der Waals surface area contributed by atoms with Gasteiger partial charge in [-0.05, 0) is 18.2 Å².